The van der Waals surface area contributed by atoms with Crippen molar-refractivity contribution in [3.05, 3.63) is 40.9 Å². The SMILES string of the molecule is CCc1nc(-c2cccnc2)nc2c1c(Br)cn2C. The second-order valence-corrected chi connectivity index (χ2v) is 5.23. The number of pyridine rings is 1. The van der Waals surface area contributed by atoms with Crippen LogP contribution in [-0.4, -0.2) is 19.5 Å². The van der Waals surface area contributed by atoms with Crippen molar-refractivity contribution in [3.8, 4) is 11.4 Å². The van der Waals surface area contributed by atoms with Gasteiger partial charge >= 0.3 is 0 Å². The Morgan fingerprint density at radius 2 is 2.16 bits per heavy atom. The van der Waals surface area contributed by atoms with Gasteiger partial charge in [-0.3, -0.25) is 4.98 Å². The third-order valence-electron chi connectivity index (χ3n) is 3.10. The van der Waals surface area contributed by atoms with Crippen LogP contribution in [0.1, 0.15) is 12.6 Å². The Hall–Kier alpha value is -1.75. The van der Waals surface area contributed by atoms with Crippen molar-refractivity contribution in [1.29, 1.82) is 0 Å². The minimum Gasteiger partial charge on any atom is -0.334 e. The van der Waals surface area contributed by atoms with Crippen LogP contribution < -0.4 is 0 Å². The Labute approximate surface area is 119 Å². The van der Waals surface area contributed by atoms with Crippen molar-refractivity contribution < 1.29 is 0 Å². The number of aryl methyl sites for hydroxylation is 2. The van der Waals surface area contributed by atoms with E-state index in [9.17, 15) is 0 Å². The zero-order valence-corrected chi connectivity index (χ0v) is 12.3. The van der Waals surface area contributed by atoms with E-state index in [-0.39, 0.29) is 0 Å². The van der Waals surface area contributed by atoms with Crippen molar-refractivity contribution in [2.24, 2.45) is 7.05 Å². The van der Waals surface area contributed by atoms with Gasteiger partial charge in [-0.1, -0.05) is 6.92 Å². The molecular weight excluding hydrogens is 304 g/mol. The van der Waals surface area contributed by atoms with Gasteiger partial charge in [0.25, 0.3) is 0 Å². The molecule has 19 heavy (non-hydrogen) atoms. The van der Waals surface area contributed by atoms with Gasteiger partial charge in [0.2, 0.25) is 0 Å². The number of fused-ring (bicyclic) bond motifs is 1. The summed E-state index contributed by atoms with van der Waals surface area (Å²) in [5.41, 5.74) is 2.94. The van der Waals surface area contributed by atoms with Crippen LogP contribution in [0.2, 0.25) is 0 Å². The van der Waals surface area contributed by atoms with Crippen LogP contribution in [0.15, 0.2) is 35.2 Å². The van der Waals surface area contributed by atoms with Gasteiger partial charge in [0.1, 0.15) is 5.65 Å². The first-order chi connectivity index (χ1) is 9.20. The Bertz CT molecular complexity index is 734. The summed E-state index contributed by atoms with van der Waals surface area (Å²) in [6, 6.07) is 3.88. The molecule has 0 amide bonds. The molecule has 0 saturated heterocycles. The lowest BCUT2D eigenvalue weighted by molar-refractivity contribution is 0.936. The third kappa shape index (κ3) is 2.04. The molecule has 0 bridgehead atoms. The predicted molar refractivity (Wildman–Crippen MR) is 78.8 cm³/mol. The van der Waals surface area contributed by atoms with Crippen molar-refractivity contribution >= 4 is 27.0 Å². The Balaban J connectivity index is 2.32. The average Bonchev–Trinajstić information content (AvgIpc) is 2.74. The number of halogens is 1. The molecule has 5 heteroatoms. The van der Waals surface area contributed by atoms with Gasteiger partial charge in [-0.05, 0) is 34.5 Å². The molecule has 3 rings (SSSR count). The molecule has 0 spiro atoms. The molecule has 0 atom stereocenters. The summed E-state index contributed by atoms with van der Waals surface area (Å²) in [5.74, 6) is 0.728. The third-order valence-corrected chi connectivity index (χ3v) is 3.70. The standard InChI is InChI=1S/C14H13BrN4/c1-3-11-12-10(15)8-19(2)14(12)18-13(17-11)9-5-4-6-16-7-9/h4-8H,3H2,1-2H3. The molecule has 3 aromatic heterocycles. The molecule has 0 aromatic carbocycles. The first-order valence-corrected chi connectivity index (χ1v) is 6.92. The summed E-state index contributed by atoms with van der Waals surface area (Å²) in [7, 11) is 1.99. The molecule has 3 heterocycles. The maximum Gasteiger partial charge on any atom is 0.163 e. The first kappa shape index (κ1) is 12.3. The minimum absolute atomic E-state index is 0.728. The lowest BCUT2D eigenvalue weighted by Gasteiger charge is -2.05. The molecule has 0 unspecified atom stereocenters. The summed E-state index contributed by atoms with van der Waals surface area (Å²) >= 11 is 3.58. The van der Waals surface area contributed by atoms with E-state index in [1.807, 2.05) is 29.9 Å². The minimum atomic E-state index is 0.728. The van der Waals surface area contributed by atoms with E-state index in [0.29, 0.717) is 0 Å². The highest BCUT2D eigenvalue weighted by molar-refractivity contribution is 9.10. The zero-order chi connectivity index (χ0) is 13.4. The molecule has 0 saturated carbocycles. The monoisotopic (exact) mass is 316 g/mol. The normalized spacial score (nSPS) is 11.1. The van der Waals surface area contributed by atoms with Crippen LogP contribution >= 0.6 is 15.9 Å². The van der Waals surface area contributed by atoms with Crippen molar-refractivity contribution in [1.82, 2.24) is 19.5 Å². The number of hydrogen-bond acceptors (Lipinski definition) is 3. The van der Waals surface area contributed by atoms with Crippen molar-refractivity contribution in [2.75, 3.05) is 0 Å². The van der Waals surface area contributed by atoms with Crippen LogP contribution in [0, 0.1) is 0 Å². The molecule has 4 nitrogen and oxygen atoms in total. The Morgan fingerprint density at radius 1 is 1.32 bits per heavy atom. The van der Waals surface area contributed by atoms with E-state index in [0.717, 1.165) is 39.0 Å². The Kier molecular flexibility index (Phi) is 3.06. The number of nitrogens with zero attached hydrogens (tertiary/aromatic N) is 4. The first-order valence-electron chi connectivity index (χ1n) is 6.12. The quantitative estimate of drug-likeness (QED) is 0.728. The molecule has 0 radical (unpaired) electrons. The fourth-order valence-electron chi connectivity index (χ4n) is 2.17. The molecular formula is C14H13BrN4. The van der Waals surface area contributed by atoms with Crippen molar-refractivity contribution in [2.45, 2.75) is 13.3 Å². The fraction of sp³-hybridized carbons (Fsp3) is 0.214. The highest BCUT2D eigenvalue weighted by Gasteiger charge is 2.14. The molecule has 0 aliphatic heterocycles. The van der Waals surface area contributed by atoms with Gasteiger partial charge in [-0.15, -0.1) is 0 Å². The van der Waals surface area contributed by atoms with E-state index in [1.165, 1.54) is 0 Å². The molecule has 0 fully saturated rings. The Morgan fingerprint density at radius 3 is 2.84 bits per heavy atom. The maximum atomic E-state index is 4.67. The summed E-state index contributed by atoms with van der Waals surface area (Å²) < 4.78 is 3.06. The van der Waals surface area contributed by atoms with Crippen LogP contribution in [0.25, 0.3) is 22.4 Å². The summed E-state index contributed by atoms with van der Waals surface area (Å²) in [6.45, 7) is 2.11. The number of aromatic nitrogens is 4. The molecule has 0 aliphatic rings. The second-order valence-electron chi connectivity index (χ2n) is 4.38. The van der Waals surface area contributed by atoms with Crippen LogP contribution in [0.4, 0.5) is 0 Å². The van der Waals surface area contributed by atoms with Gasteiger partial charge in [-0.2, -0.15) is 0 Å². The predicted octanol–water partition coefficient (Wildman–Crippen LogP) is 3.36. The van der Waals surface area contributed by atoms with E-state index in [1.54, 1.807) is 12.4 Å². The summed E-state index contributed by atoms with van der Waals surface area (Å²) in [6.07, 6.45) is 6.43. The van der Waals surface area contributed by atoms with Gasteiger partial charge in [-0.25, -0.2) is 9.97 Å². The highest BCUT2D eigenvalue weighted by atomic mass is 79.9. The molecule has 0 aliphatic carbocycles. The van der Waals surface area contributed by atoms with E-state index >= 15 is 0 Å². The van der Waals surface area contributed by atoms with Crippen LogP contribution in [0.5, 0.6) is 0 Å². The maximum absolute atomic E-state index is 4.67. The highest BCUT2D eigenvalue weighted by Crippen LogP contribution is 2.29. The topological polar surface area (TPSA) is 43.6 Å². The van der Waals surface area contributed by atoms with Gasteiger partial charge in [0.05, 0.1) is 11.1 Å². The van der Waals surface area contributed by atoms with Crippen molar-refractivity contribution in [3.63, 3.8) is 0 Å². The fourth-order valence-corrected chi connectivity index (χ4v) is 2.88. The zero-order valence-electron chi connectivity index (χ0n) is 10.8. The lowest BCUT2D eigenvalue weighted by Crippen LogP contribution is -1.98. The van der Waals surface area contributed by atoms with Gasteiger partial charge in [0, 0.05) is 35.7 Å². The number of hydrogen-bond donors (Lipinski definition) is 0. The van der Waals surface area contributed by atoms with Gasteiger partial charge < -0.3 is 4.57 Å². The summed E-state index contributed by atoms with van der Waals surface area (Å²) in [5, 5.41) is 1.10. The molecule has 96 valence electrons. The largest absolute Gasteiger partial charge is 0.334 e. The smallest absolute Gasteiger partial charge is 0.163 e. The second kappa shape index (κ2) is 4.74. The van der Waals surface area contributed by atoms with E-state index in [4.69, 9.17) is 0 Å². The van der Waals surface area contributed by atoms with E-state index in [2.05, 4.69) is 37.8 Å². The average molecular weight is 317 g/mol. The van der Waals surface area contributed by atoms with Crippen LogP contribution in [-0.2, 0) is 13.5 Å². The van der Waals surface area contributed by atoms with Gasteiger partial charge in [0.15, 0.2) is 5.82 Å². The molecule has 0 N–H and O–H groups in total. The van der Waals surface area contributed by atoms with Crippen LogP contribution in [0.3, 0.4) is 0 Å². The summed E-state index contributed by atoms with van der Waals surface area (Å²) in [4.78, 5) is 13.5. The number of rotatable bonds is 2. The molecule has 3 aromatic rings. The lowest BCUT2D eigenvalue weighted by atomic mass is 10.2. The van der Waals surface area contributed by atoms with E-state index < -0.39 is 0 Å².